The van der Waals surface area contributed by atoms with E-state index in [4.69, 9.17) is 65.7 Å². The summed E-state index contributed by atoms with van der Waals surface area (Å²) >= 11 is 1.56. The second-order valence-electron chi connectivity index (χ2n) is 28.8. The molecule has 4 aromatic heterocycles. The van der Waals surface area contributed by atoms with E-state index in [-0.39, 0.29) is 118 Å². The number of methoxy groups -OCH3 is 2. The number of rotatable bonds is 39. The van der Waals surface area contributed by atoms with E-state index in [0.29, 0.717) is 52.7 Å². The van der Waals surface area contributed by atoms with E-state index in [1.807, 2.05) is 123 Å². The van der Waals surface area contributed by atoms with Crippen molar-refractivity contribution < 1.29 is 75.0 Å². The second kappa shape index (κ2) is 42.3. The van der Waals surface area contributed by atoms with Gasteiger partial charge in [-0.25, -0.2) is 34.2 Å². The number of amides is 4. The van der Waals surface area contributed by atoms with E-state index in [1.165, 1.54) is 17.6 Å². The highest BCUT2D eigenvalue weighted by Gasteiger charge is 2.47. The number of thioether (sulfide) groups is 1. The van der Waals surface area contributed by atoms with Crippen molar-refractivity contribution in [3.05, 3.63) is 214 Å². The fraction of sp³-hybridized carbons (Fsp3) is 0.405. The Bertz CT molecular complexity index is 4960. The Morgan fingerprint density at radius 1 is 0.639 bits per heavy atom. The Balaban J connectivity index is 0.00000693. The van der Waals surface area contributed by atoms with Crippen LogP contribution in [0.4, 0.5) is 27.0 Å². The maximum Gasteiger partial charge on any atom is 0.411 e. The molecule has 13 rings (SSSR count). The van der Waals surface area contributed by atoms with E-state index >= 15 is 0 Å². The molecule has 3 aliphatic rings. The summed E-state index contributed by atoms with van der Waals surface area (Å²) in [6.07, 6.45) is 2.23. The van der Waals surface area contributed by atoms with Crippen molar-refractivity contribution >= 4 is 92.7 Å². The third-order valence-corrected chi connectivity index (χ3v) is 24.1. The zero-order valence-electron chi connectivity index (χ0n) is 68.4. The number of aromatic nitrogens is 8. The number of hydrogen-bond acceptors (Lipinski definition) is 26. The molecular weight excluding hydrogens is 1590 g/mol. The summed E-state index contributed by atoms with van der Waals surface area (Å²) in [5.74, 6) is 0.912. The lowest BCUT2D eigenvalue weighted by Crippen LogP contribution is -2.38. The number of fused-ring (bicyclic) bond motifs is 5. The first-order valence-electron chi connectivity index (χ1n) is 39.1. The zero-order valence-corrected chi connectivity index (χ0v) is 71.0. The first kappa shape index (κ1) is 89.8. The Hall–Kier alpha value is -9.93. The summed E-state index contributed by atoms with van der Waals surface area (Å²) in [6.45, 7) is 13.5. The average molecular weight is 1690 g/mol. The molecule has 6 aromatic carbocycles. The predicted octanol–water partition coefficient (Wildman–Crippen LogP) is 15.9. The van der Waals surface area contributed by atoms with Crippen molar-refractivity contribution in [3.63, 3.8) is 0 Å². The SMILES string of the molecule is CCCOP(OC[C@H]1O[C@@H](n2cnc3c(NC(=O)c4ccc(NC(=O)OCCSC)cc4)ncnc32)CC1OP(OCCC)N(C(C)C)C(C)C)OC1C[C@H](n2cnc3c(=O)[nH]c(NC(=O)CCCN(C)C(=O)OCC4c5ccccc5-c5ccccc54)nc32)O[C@@H]1COC(c1ccccc1)(c1ccc(OC)cc1)c1ccc(OC)cc1.N.N. The average Bonchev–Trinajstić information content (AvgIpc) is 0.913. The Kier molecular flexibility index (Phi) is 32.0. The standard InChI is InChI=1S/C84H99N13O17P2S.2H3N/c1-11-41-108-115(97(53(3)4)54(5)6)113-67-45-72(95-51-87-74-76(85-50-86-77(74)95)91-79(99)55-28-34-59(35-29-55)89-82(101)105-43-44-117-10)112-70(67)49-110-116(109-42-12-2)114-68-46-73(111-69(68)48-107-84(56-21-14-13-15-22-56,57-30-36-60(103-8)37-31-57)58-32-38-61(104-9)39-33-58)96-52-88-75-78(96)92-81(93-80(75)100)90-71(98)27-20-40-94(7)83(102)106-47-66-64-25-18-16-23-62(64)63-24-17-19-26-65(63)66;;/h13-19,21-26,28-39,50-54,66-70,72-73H,11-12,20,27,40-49H2,1-10H3,(H,89,101)(H,85,86,91,99)(H2,90,92,93,98,100);2*1H3/t67?,68?,69-,70-,72-,73-,115?,116?;;/m1../s1. The number of anilines is 3. The predicted molar refractivity (Wildman–Crippen MR) is 456 cm³/mol. The molecule has 2 saturated heterocycles. The van der Waals surface area contributed by atoms with Gasteiger partial charge < -0.3 is 78.3 Å². The molecule has 0 radical (unpaired) electrons. The number of nitrogens with one attached hydrogen (secondary N) is 4. The summed E-state index contributed by atoms with van der Waals surface area (Å²) in [5.41, 5.74) is 6.35. The van der Waals surface area contributed by atoms with Crippen LogP contribution in [0.15, 0.2) is 175 Å². The van der Waals surface area contributed by atoms with Crippen LogP contribution in [0.1, 0.15) is 137 Å². The lowest BCUT2D eigenvalue weighted by atomic mass is 9.80. The largest absolute Gasteiger partial charge is 0.497 e. The van der Waals surface area contributed by atoms with Gasteiger partial charge in [-0.15, -0.1) is 0 Å². The van der Waals surface area contributed by atoms with Crippen molar-refractivity contribution in [2.24, 2.45) is 0 Å². The number of nitrogens with zero attached hydrogens (tertiary/aromatic N) is 9. The lowest BCUT2D eigenvalue weighted by molar-refractivity contribution is -0.116. The number of ether oxygens (including phenoxy) is 7. The van der Waals surface area contributed by atoms with Crippen LogP contribution in [0.5, 0.6) is 11.5 Å². The highest BCUT2D eigenvalue weighted by atomic mass is 32.2. The molecule has 634 valence electrons. The van der Waals surface area contributed by atoms with Crippen LogP contribution in [0.3, 0.4) is 0 Å². The number of carbonyl (C=O) groups is 4. The second-order valence-corrected chi connectivity index (χ2v) is 32.3. The number of hydrogen-bond donors (Lipinski definition) is 6. The molecule has 35 heteroatoms. The molecule has 0 spiro atoms. The summed E-state index contributed by atoms with van der Waals surface area (Å²) in [6, 6.07) is 47.9. The number of imidazole rings is 2. The Morgan fingerprint density at radius 2 is 1.22 bits per heavy atom. The van der Waals surface area contributed by atoms with Gasteiger partial charge in [0.15, 0.2) is 28.1 Å². The maximum atomic E-state index is 14.1. The summed E-state index contributed by atoms with van der Waals surface area (Å²) < 4.78 is 84.4. The van der Waals surface area contributed by atoms with Crippen LogP contribution in [0.25, 0.3) is 33.5 Å². The van der Waals surface area contributed by atoms with Crippen LogP contribution >= 0.6 is 28.9 Å². The Morgan fingerprint density at radius 3 is 1.83 bits per heavy atom. The topological polar surface area (TPSA) is 399 Å². The Labute approximate surface area is 697 Å². The van der Waals surface area contributed by atoms with E-state index in [2.05, 4.69) is 92.5 Å². The minimum atomic E-state index is -2.29. The molecule has 6 heterocycles. The van der Waals surface area contributed by atoms with Gasteiger partial charge in [0.1, 0.15) is 61.3 Å². The first-order valence-corrected chi connectivity index (χ1v) is 42.7. The van der Waals surface area contributed by atoms with Crippen molar-refractivity contribution in [2.75, 3.05) is 95.4 Å². The summed E-state index contributed by atoms with van der Waals surface area (Å²) in [5, 5.41) is 8.34. The van der Waals surface area contributed by atoms with Gasteiger partial charge in [-0.05, 0) is 141 Å². The van der Waals surface area contributed by atoms with E-state index < -0.39 is 89.2 Å². The van der Waals surface area contributed by atoms with Crippen LogP contribution in [-0.4, -0.2) is 189 Å². The number of carbonyl (C=O) groups excluding carboxylic acids is 4. The van der Waals surface area contributed by atoms with Gasteiger partial charge in [0, 0.05) is 67.9 Å². The van der Waals surface area contributed by atoms with Gasteiger partial charge in [0.2, 0.25) is 11.9 Å². The smallest absolute Gasteiger partial charge is 0.411 e. The van der Waals surface area contributed by atoms with Crippen molar-refractivity contribution in [1.82, 2.24) is 60.9 Å². The molecule has 10 N–H and O–H groups in total. The lowest BCUT2D eigenvalue weighted by Gasteiger charge is -2.37. The molecule has 119 heavy (non-hydrogen) atoms. The van der Waals surface area contributed by atoms with E-state index in [9.17, 15) is 24.0 Å². The fourth-order valence-electron chi connectivity index (χ4n) is 14.5. The first-order chi connectivity index (χ1) is 56.9. The van der Waals surface area contributed by atoms with Crippen LogP contribution in [0.2, 0.25) is 0 Å². The molecule has 4 amide bonds. The quantitative estimate of drug-likeness (QED) is 0.0118. The highest BCUT2D eigenvalue weighted by Crippen LogP contribution is 2.53. The maximum absolute atomic E-state index is 14.1. The fourth-order valence-corrected chi connectivity index (χ4v) is 17.9. The highest BCUT2D eigenvalue weighted by molar-refractivity contribution is 7.98. The van der Waals surface area contributed by atoms with Gasteiger partial charge in [-0.1, -0.05) is 117 Å². The van der Waals surface area contributed by atoms with Crippen LogP contribution < -0.4 is 43.3 Å². The monoisotopic (exact) mass is 1690 g/mol. The molecule has 1 aliphatic carbocycles. The molecule has 0 saturated carbocycles. The van der Waals surface area contributed by atoms with Gasteiger partial charge in [0.05, 0.1) is 65.5 Å². The number of benzene rings is 6. The molecular formula is C84H105N15O17P2S. The number of H-pyrrole nitrogens is 1. The third-order valence-electron chi connectivity index (χ3n) is 20.2. The molecule has 0 bridgehead atoms. The van der Waals surface area contributed by atoms with Gasteiger partial charge in [-0.2, -0.15) is 16.7 Å². The minimum Gasteiger partial charge on any atom is -0.497 e. The number of aromatic amines is 1. The van der Waals surface area contributed by atoms with Crippen LogP contribution in [-0.2, 0) is 56.7 Å². The van der Waals surface area contributed by atoms with Crippen molar-refractivity contribution in [1.29, 1.82) is 0 Å². The molecule has 8 atom stereocenters. The summed E-state index contributed by atoms with van der Waals surface area (Å²) in [7, 11) is 0.868. The molecule has 2 aliphatic heterocycles. The zero-order chi connectivity index (χ0) is 82.1. The molecule has 32 nitrogen and oxygen atoms in total. The minimum absolute atomic E-state index is 0. The normalized spacial score (nSPS) is 17.5. The van der Waals surface area contributed by atoms with Gasteiger partial charge in [0.25, 0.3) is 20.0 Å². The third kappa shape index (κ3) is 21.3. The van der Waals surface area contributed by atoms with Gasteiger partial charge in [-0.3, -0.25) is 39.1 Å². The van der Waals surface area contributed by atoms with E-state index in [0.717, 1.165) is 45.4 Å². The molecule has 10 aromatic rings. The van der Waals surface area contributed by atoms with Gasteiger partial charge >= 0.3 is 20.8 Å². The van der Waals surface area contributed by atoms with Crippen molar-refractivity contribution in [3.8, 4) is 22.6 Å². The van der Waals surface area contributed by atoms with Crippen LogP contribution in [0, 0.1) is 0 Å². The molecule has 4 unspecified atom stereocenters. The van der Waals surface area contributed by atoms with E-state index in [1.54, 1.807) is 72.8 Å². The summed E-state index contributed by atoms with van der Waals surface area (Å²) in [4.78, 5) is 94.8. The van der Waals surface area contributed by atoms with Crippen molar-refractivity contribution in [2.45, 2.75) is 141 Å². The molecule has 2 fully saturated rings.